The van der Waals surface area contributed by atoms with Crippen LogP contribution in [-0.2, 0) is 0 Å². The first kappa shape index (κ1) is 9.71. The van der Waals surface area contributed by atoms with Gasteiger partial charge in [-0.25, -0.2) is 0 Å². The van der Waals surface area contributed by atoms with Crippen LogP contribution in [0, 0.1) is 3.82 Å². The Balaban J connectivity index is 2.19. The largest absolute Gasteiger partial charge is 0.264 e. The second kappa shape index (κ2) is 4.59. The van der Waals surface area contributed by atoms with Crippen molar-refractivity contribution in [3.05, 3.63) is 44.9 Å². The summed E-state index contributed by atoms with van der Waals surface area (Å²) in [7, 11) is 3.33. The van der Waals surface area contributed by atoms with E-state index in [-0.39, 0.29) is 0 Å². The lowest BCUT2D eigenvalue weighted by molar-refractivity contribution is 1.32. The first-order chi connectivity index (χ1) is 6.84. The van der Waals surface area contributed by atoms with E-state index < -0.39 is 0 Å². The molecule has 0 aliphatic rings. The topological polar surface area (TPSA) is 12.9 Å². The van der Waals surface area contributed by atoms with Gasteiger partial charge in [0.05, 0.1) is 0 Å². The lowest BCUT2D eigenvalue weighted by Gasteiger charge is -1.88. The van der Waals surface area contributed by atoms with Crippen LogP contribution in [0.5, 0.6) is 0 Å². The summed E-state index contributed by atoms with van der Waals surface area (Å²) in [5.74, 6) is 0. The second-order valence-electron chi connectivity index (χ2n) is 2.65. The van der Waals surface area contributed by atoms with Crippen LogP contribution in [0.2, 0.25) is 0 Å². The van der Waals surface area contributed by atoms with Crippen molar-refractivity contribution in [2.24, 2.45) is 0 Å². The average molecular weight is 237 g/mol. The molecule has 2 aromatic heterocycles. The minimum atomic E-state index is 0.945. The van der Waals surface area contributed by atoms with Crippen molar-refractivity contribution in [2.75, 3.05) is 0 Å². The summed E-state index contributed by atoms with van der Waals surface area (Å²) in [6.07, 6.45) is 7.71. The quantitative estimate of drug-likeness (QED) is 0.576. The molecule has 0 unspecified atom stereocenters. The van der Waals surface area contributed by atoms with Crippen LogP contribution in [0.1, 0.15) is 10.4 Å². The van der Waals surface area contributed by atoms with Crippen molar-refractivity contribution in [1.82, 2.24) is 4.98 Å². The van der Waals surface area contributed by atoms with Crippen molar-refractivity contribution in [2.45, 2.75) is 0 Å². The summed E-state index contributed by atoms with van der Waals surface area (Å²) in [5.41, 5.74) is 1.11. The predicted octanol–water partition coefficient (Wildman–Crippen LogP) is 4.10. The van der Waals surface area contributed by atoms with Crippen molar-refractivity contribution in [3.63, 3.8) is 0 Å². The first-order valence-corrected chi connectivity index (χ1v) is 6.59. The maximum Gasteiger partial charge on any atom is 0.102 e. The molecule has 0 radical (unpaired) electrons. The molecule has 0 N–H and O–H groups in total. The molecule has 0 atom stereocenters. The van der Waals surface area contributed by atoms with Crippen LogP contribution in [-0.4, -0.2) is 4.98 Å². The lowest BCUT2D eigenvalue weighted by atomic mass is 10.2. The molecule has 0 bridgehead atoms. The highest BCUT2D eigenvalue weighted by atomic mass is 32.9. The van der Waals surface area contributed by atoms with E-state index in [9.17, 15) is 0 Å². The van der Waals surface area contributed by atoms with Crippen molar-refractivity contribution in [1.29, 1.82) is 0 Å². The van der Waals surface area contributed by atoms with Crippen LogP contribution in [0.25, 0.3) is 12.2 Å². The normalized spacial score (nSPS) is 10.9. The molecule has 2 rings (SSSR count). The molecule has 1 nitrogen and oxygen atoms in total. The Morgan fingerprint density at radius 2 is 2.21 bits per heavy atom. The number of nitrogens with zero attached hydrogens (tertiary/aromatic N) is 1. The van der Waals surface area contributed by atoms with E-state index in [2.05, 4.69) is 11.1 Å². The minimum Gasteiger partial charge on any atom is -0.264 e. The van der Waals surface area contributed by atoms with Crippen LogP contribution >= 0.6 is 32.9 Å². The van der Waals surface area contributed by atoms with Gasteiger partial charge in [0.25, 0.3) is 0 Å². The molecule has 0 spiro atoms. The maximum absolute atomic E-state index is 5.05. The van der Waals surface area contributed by atoms with Gasteiger partial charge in [0.2, 0.25) is 0 Å². The van der Waals surface area contributed by atoms with Crippen LogP contribution in [0.3, 0.4) is 0 Å². The molecule has 2 heterocycles. The van der Waals surface area contributed by atoms with Gasteiger partial charge in [-0.3, -0.25) is 4.98 Å². The highest BCUT2D eigenvalue weighted by Gasteiger charge is 1.90. The zero-order valence-electron chi connectivity index (χ0n) is 7.21. The summed E-state index contributed by atoms with van der Waals surface area (Å²) >= 11 is 5.05. The second-order valence-corrected chi connectivity index (χ2v) is 5.59. The molecule has 4 heteroatoms. The fourth-order valence-corrected chi connectivity index (χ4v) is 3.20. The fraction of sp³-hybridized carbons (Fsp3) is 0. The number of aromatic nitrogens is 1. The highest BCUT2D eigenvalue weighted by molar-refractivity contribution is 7.79. The van der Waals surface area contributed by atoms with Gasteiger partial charge in [0.15, 0.2) is 0 Å². The molecule has 0 saturated carbocycles. The number of hydrogen-bond donors (Lipinski definition) is 0. The summed E-state index contributed by atoms with van der Waals surface area (Å²) in [4.78, 5) is 5.23. The number of rotatable bonds is 2. The van der Waals surface area contributed by atoms with Gasteiger partial charge in [0, 0.05) is 17.3 Å². The van der Waals surface area contributed by atoms with Gasteiger partial charge >= 0.3 is 0 Å². The van der Waals surface area contributed by atoms with Gasteiger partial charge in [-0.05, 0) is 23.8 Å². The minimum absolute atomic E-state index is 0.945. The molecule has 0 aliphatic carbocycles. The number of hydrogen-bond acceptors (Lipinski definition) is 4. The van der Waals surface area contributed by atoms with Crippen molar-refractivity contribution < 1.29 is 0 Å². The summed E-state index contributed by atoms with van der Waals surface area (Å²) < 4.78 is 0.945. The van der Waals surface area contributed by atoms with E-state index in [1.165, 1.54) is 4.88 Å². The molecule has 14 heavy (non-hydrogen) atoms. The molecular formula is C10H7NS3. The zero-order chi connectivity index (χ0) is 9.80. The molecule has 2 aromatic rings. The monoisotopic (exact) mass is 237 g/mol. The zero-order valence-corrected chi connectivity index (χ0v) is 9.66. The molecular weight excluding hydrogens is 230 g/mol. The third-order valence-electron chi connectivity index (χ3n) is 1.60. The third-order valence-corrected chi connectivity index (χ3v) is 4.47. The Morgan fingerprint density at radius 1 is 1.29 bits per heavy atom. The molecule has 70 valence electrons. The Kier molecular flexibility index (Phi) is 3.18. The standard InChI is InChI=1S/C10H7NS3/c12-10-6-9(13-14-10)4-3-8-2-1-5-11-7-8/h1-7H. The Bertz CT molecular complexity index is 481. The first-order valence-electron chi connectivity index (χ1n) is 4.03. The molecule has 0 aromatic carbocycles. The Morgan fingerprint density at radius 3 is 2.86 bits per heavy atom. The lowest BCUT2D eigenvalue weighted by Crippen LogP contribution is -1.72. The maximum atomic E-state index is 5.05. The van der Waals surface area contributed by atoms with Crippen LogP contribution < -0.4 is 0 Å². The molecule has 0 aliphatic heterocycles. The fourth-order valence-electron chi connectivity index (χ4n) is 0.982. The van der Waals surface area contributed by atoms with Gasteiger partial charge in [-0.2, -0.15) is 0 Å². The van der Waals surface area contributed by atoms with Gasteiger partial charge in [-0.1, -0.05) is 45.0 Å². The summed E-state index contributed by atoms with van der Waals surface area (Å²) in [6.45, 7) is 0. The summed E-state index contributed by atoms with van der Waals surface area (Å²) in [5, 5.41) is 0. The van der Waals surface area contributed by atoms with Crippen molar-refractivity contribution >= 4 is 45.1 Å². The SMILES string of the molecule is S=c1cc(C=Cc2cccnc2)ss1. The Labute approximate surface area is 94.8 Å². The van der Waals surface area contributed by atoms with E-state index in [1.807, 2.05) is 30.5 Å². The van der Waals surface area contributed by atoms with Crippen LogP contribution in [0.15, 0.2) is 30.6 Å². The van der Waals surface area contributed by atoms with Crippen molar-refractivity contribution in [3.8, 4) is 0 Å². The van der Waals surface area contributed by atoms with E-state index in [1.54, 1.807) is 26.9 Å². The predicted molar refractivity (Wildman–Crippen MR) is 66.2 cm³/mol. The van der Waals surface area contributed by atoms with E-state index in [0.717, 1.165) is 9.39 Å². The van der Waals surface area contributed by atoms with Gasteiger partial charge in [-0.15, -0.1) is 0 Å². The summed E-state index contributed by atoms with van der Waals surface area (Å²) in [6, 6.07) is 5.96. The smallest absolute Gasteiger partial charge is 0.102 e. The molecule has 0 amide bonds. The van der Waals surface area contributed by atoms with E-state index in [0.29, 0.717) is 0 Å². The Hall–Kier alpha value is -0.840. The van der Waals surface area contributed by atoms with E-state index >= 15 is 0 Å². The molecule has 0 fully saturated rings. The van der Waals surface area contributed by atoms with Gasteiger partial charge in [0.1, 0.15) is 3.82 Å². The molecule has 0 saturated heterocycles. The number of pyridine rings is 1. The average Bonchev–Trinajstić information content (AvgIpc) is 2.63. The highest BCUT2D eigenvalue weighted by Crippen LogP contribution is 2.20. The van der Waals surface area contributed by atoms with E-state index in [4.69, 9.17) is 12.2 Å². The van der Waals surface area contributed by atoms with Crippen LogP contribution in [0.4, 0.5) is 0 Å². The van der Waals surface area contributed by atoms with Gasteiger partial charge < -0.3 is 0 Å². The third kappa shape index (κ3) is 2.57.